The van der Waals surface area contributed by atoms with E-state index in [4.69, 9.17) is 4.74 Å². The molecule has 0 bridgehead atoms. The topological polar surface area (TPSA) is 34.3 Å². The average Bonchev–Trinajstić information content (AvgIpc) is 2.46. The van der Waals surface area contributed by atoms with E-state index in [2.05, 4.69) is 9.78 Å². The second-order valence-corrected chi connectivity index (χ2v) is 1.41. The third kappa shape index (κ3) is 0.748. The maximum Gasteiger partial charge on any atom is 0.339 e. The van der Waals surface area contributed by atoms with Gasteiger partial charge in [-0.15, -0.1) is 0 Å². The van der Waals surface area contributed by atoms with Gasteiger partial charge in [0.05, 0.1) is 0 Å². The van der Waals surface area contributed by atoms with Crippen molar-refractivity contribution in [3.05, 3.63) is 0 Å². The van der Waals surface area contributed by atoms with Crippen LogP contribution in [0.15, 0.2) is 0 Å². The molecule has 7 heavy (non-hydrogen) atoms. The van der Waals surface area contributed by atoms with Crippen LogP contribution in [0, 0.1) is 0 Å². The van der Waals surface area contributed by atoms with Crippen molar-refractivity contribution >= 4 is 0 Å². The molecule has 0 N–H and O–H groups in total. The summed E-state index contributed by atoms with van der Waals surface area (Å²) in [5.41, 5.74) is 0. The van der Waals surface area contributed by atoms with Crippen LogP contribution in [0.3, 0.4) is 0 Å². The summed E-state index contributed by atoms with van der Waals surface area (Å²) in [5, 5.41) is 0. The van der Waals surface area contributed by atoms with E-state index in [1.165, 1.54) is 0 Å². The van der Waals surface area contributed by atoms with Crippen LogP contribution in [0.2, 0.25) is 0 Å². The summed E-state index contributed by atoms with van der Waals surface area (Å²) < 4.78 is 4.75. The Morgan fingerprint density at radius 2 is 2.14 bits per heavy atom. The predicted molar refractivity (Wildman–Crippen MR) is 22.2 cm³/mol. The molecule has 1 aliphatic rings. The molecule has 1 heterocycles. The average molecular weight is 104 g/mol. The van der Waals surface area contributed by atoms with Crippen LogP contribution in [0.25, 0.3) is 0 Å². The van der Waals surface area contributed by atoms with E-state index in [-0.39, 0.29) is 0 Å². The number of hydrogen-bond acceptors (Lipinski definition) is 3. The van der Waals surface area contributed by atoms with Crippen molar-refractivity contribution in [3.8, 4) is 0 Å². The Morgan fingerprint density at radius 1 is 1.57 bits per heavy atom. The summed E-state index contributed by atoms with van der Waals surface area (Å²) in [6.07, 6.45) is 0.740. The minimum Gasteiger partial charge on any atom is -0.327 e. The lowest BCUT2D eigenvalue weighted by atomic mass is 10.4. The zero-order chi connectivity index (χ0) is 5.33. The van der Waals surface area contributed by atoms with Crippen LogP contribution in [-0.2, 0) is 14.5 Å². The summed E-state index contributed by atoms with van der Waals surface area (Å²) in [4.78, 5) is 8.94. The Kier molecular flexibility index (Phi) is 1.03. The number of hydrogen-bond donors (Lipinski definition) is 0. The maximum atomic E-state index is 4.75. The van der Waals surface area contributed by atoms with E-state index in [0.29, 0.717) is 0 Å². The molecule has 0 spiro atoms. The quantitative estimate of drug-likeness (QED) is 0.381. The highest BCUT2D eigenvalue weighted by molar-refractivity contribution is 4.54. The van der Waals surface area contributed by atoms with E-state index < -0.39 is 5.97 Å². The first-order valence-corrected chi connectivity index (χ1v) is 2.25. The largest absolute Gasteiger partial charge is 0.339 e. The number of ether oxygens (including phenoxy) is 1. The monoisotopic (exact) mass is 104 g/mol. The van der Waals surface area contributed by atoms with Gasteiger partial charge in [0, 0.05) is 13.5 Å². The van der Waals surface area contributed by atoms with E-state index in [1.807, 2.05) is 6.92 Å². The second kappa shape index (κ2) is 1.43. The molecule has 42 valence electrons. The minimum absolute atomic E-state index is 0.667. The molecule has 0 aromatic rings. The molecule has 1 saturated heterocycles. The molecule has 1 rings (SSSR count). The summed E-state index contributed by atoms with van der Waals surface area (Å²) in [6, 6.07) is 0. The molecule has 0 radical (unpaired) electrons. The smallest absolute Gasteiger partial charge is 0.327 e. The summed E-state index contributed by atoms with van der Waals surface area (Å²) in [7, 11) is 1.55. The molecule has 0 unspecified atom stereocenters. The van der Waals surface area contributed by atoms with E-state index in [1.54, 1.807) is 7.11 Å². The lowest BCUT2D eigenvalue weighted by Crippen LogP contribution is -2.09. The van der Waals surface area contributed by atoms with Gasteiger partial charge in [0.1, 0.15) is 0 Å². The lowest BCUT2D eigenvalue weighted by molar-refractivity contribution is -0.0223. The predicted octanol–water partition coefficient (Wildman–Crippen LogP) is 0.658. The molecule has 0 aromatic carbocycles. The summed E-state index contributed by atoms with van der Waals surface area (Å²) in [6.45, 7) is 1.93. The molecule has 0 saturated carbocycles. The molecule has 0 amide bonds. The Morgan fingerprint density at radius 3 is 2.14 bits per heavy atom. The highest BCUT2D eigenvalue weighted by Gasteiger charge is 2.47. The molecule has 0 aliphatic carbocycles. The molecule has 0 aromatic heterocycles. The molecule has 1 aliphatic heterocycles. The van der Waals surface area contributed by atoms with E-state index in [0.717, 1.165) is 6.42 Å². The van der Waals surface area contributed by atoms with Crippen LogP contribution in [0.5, 0.6) is 0 Å². The Hall–Kier alpha value is -0.120. The first-order chi connectivity index (χ1) is 3.33. The van der Waals surface area contributed by atoms with Gasteiger partial charge in [-0.3, -0.25) is 0 Å². The standard InChI is InChI=1S/C4H8O3/c1-3-4(5-2)6-7-4/h3H2,1-2H3. The molecule has 3 nitrogen and oxygen atoms in total. The van der Waals surface area contributed by atoms with Crippen molar-refractivity contribution in [3.63, 3.8) is 0 Å². The lowest BCUT2D eigenvalue weighted by Gasteiger charge is -1.95. The van der Waals surface area contributed by atoms with Crippen molar-refractivity contribution in [2.45, 2.75) is 19.3 Å². The van der Waals surface area contributed by atoms with Crippen LogP contribution < -0.4 is 0 Å². The molecule has 0 atom stereocenters. The fraction of sp³-hybridized carbons (Fsp3) is 1.00. The highest BCUT2D eigenvalue weighted by atomic mass is 17.4. The molecule has 3 heteroatoms. The maximum absolute atomic E-state index is 4.75. The van der Waals surface area contributed by atoms with Gasteiger partial charge in [-0.25, -0.2) is 0 Å². The fourth-order valence-corrected chi connectivity index (χ4v) is 0.377. The van der Waals surface area contributed by atoms with Crippen LogP contribution in [0.1, 0.15) is 13.3 Å². The first kappa shape index (κ1) is 5.03. The SMILES string of the molecule is CCC1(OC)OO1. The van der Waals surface area contributed by atoms with Crippen molar-refractivity contribution in [1.82, 2.24) is 0 Å². The van der Waals surface area contributed by atoms with Gasteiger partial charge in [-0.1, -0.05) is 6.92 Å². The Bertz CT molecular complexity index is 61.3. The first-order valence-electron chi connectivity index (χ1n) is 2.25. The zero-order valence-electron chi connectivity index (χ0n) is 4.43. The zero-order valence-corrected chi connectivity index (χ0v) is 4.43. The van der Waals surface area contributed by atoms with Gasteiger partial charge in [0.15, 0.2) is 0 Å². The third-order valence-electron chi connectivity index (χ3n) is 1.01. The normalized spacial score (nSPS) is 24.9. The van der Waals surface area contributed by atoms with Gasteiger partial charge >= 0.3 is 5.97 Å². The van der Waals surface area contributed by atoms with E-state index in [9.17, 15) is 0 Å². The Balaban J connectivity index is 2.28. The van der Waals surface area contributed by atoms with Crippen LogP contribution >= 0.6 is 0 Å². The summed E-state index contributed by atoms with van der Waals surface area (Å²) >= 11 is 0. The molecule has 1 fully saturated rings. The van der Waals surface area contributed by atoms with E-state index >= 15 is 0 Å². The highest BCUT2D eigenvalue weighted by Crippen LogP contribution is 2.32. The number of methoxy groups -OCH3 is 1. The molecular weight excluding hydrogens is 96.0 g/mol. The number of rotatable bonds is 2. The van der Waals surface area contributed by atoms with Gasteiger partial charge in [0.2, 0.25) is 0 Å². The van der Waals surface area contributed by atoms with Crippen molar-refractivity contribution in [1.29, 1.82) is 0 Å². The second-order valence-electron chi connectivity index (χ2n) is 1.41. The fourth-order valence-electron chi connectivity index (χ4n) is 0.377. The van der Waals surface area contributed by atoms with Crippen molar-refractivity contribution in [2.75, 3.05) is 7.11 Å². The third-order valence-corrected chi connectivity index (χ3v) is 1.01. The van der Waals surface area contributed by atoms with Crippen molar-refractivity contribution in [2.24, 2.45) is 0 Å². The minimum atomic E-state index is -0.667. The van der Waals surface area contributed by atoms with Crippen LogP contribution in [0.4, 0.5) is 0 Å². The van der Waals surface area contributed by atoms with Crippen molar-refractivity contribution < 1.29 is 14.5 Å². The Labute approximate surface area is 42.1 Å². The van der Waals surface area contributed by atoms with Gasteiger partial charge < -0.3 is 4.74 Å². The van der Waals surface area contributed by atoms with Crippen LogP contribution in [-0.4, -0.2) is 13.1 Å². The van der Waals surface area contributed by atoms with Gasteiger partial charge in [-0.05, 0) is 0 Å². The molecular formula is C4H8O3. The van der Waals surface area contributed by atoms with Gasteiger partial charge in [0.25, 0.3) is 0 Å². The summed E-state index contributed by atoms with van der Waals surface area (Å²) in [5.74, 6) is -0.667. The van der Waals surface area contributed by atoms with Gasteiger partial charge in [-0.2, -0.15) is 9.78 Å².